The van der Waals surface area contributed by atoms with Gasteiger partial charge in [-0.2, -0.15) is 0 Å². The lowest BCUT2D eigenvalue weighted by Gasteiger charge is -2.42. The van der Waals surface area contributed by atoms with Gasteiger partial charge < -0.3 is 24.4 Å². The molecule has 2 aliphatic carbocycles. The molecule has 1 aliphatic heterocycles. The Bertz CT molecular complexity index is 801. The van der Waals surface area contributed by atoms with Crippen LogP contribution in [0, 0.1) is 23.2 Å². The molecule has 0 radical (unpaired) electrons. The van der Waals surface area contributed by atoms with Crippen LogP contribution in [0.4, 0.5) is 0 Å². The van der Waals surface area contributed by atoms with Crippen molar-refractivity contribution in [1.29, 1.82) is 0 Å². The van der Waals surface area contributed by atoms with E-state index < -0.39 is 71.6 Å². The van der Waals surface area contributed by atoms with Gasteiger partial charge in [-0.3, -0.25) is 4.79 Å². The van der Waals surface area contributed by atoms with Crippen molar-refractivity contribution in [3.8, 4) is 0 Å². The molecule has 1 saturated heterocycles. The molecule has 9 unspecified atom stereocenters. The van der Waals surface area contributed by atoms with E-state index in [0.717, 1.165) is 0 Å². The Labute approximate surface area is 175 Å². The smallest absolute Gasteiger partial charge is 0.334 e. The summed E-state index contributed by atoms with van der Waals surface area (Å²) < 4.78 is 16.6. The molecule has 0 bridgehead atoms. The van der Waals surface area contributed by atoms with Crippen LogP contribution in [0.15, 0.2) is 23.8 Å². The van der Waals surface area contributed by atoms with Crippen molar-refractivity contribution in [1.82, 2.24) is 0 Å². The van der Waals surface area contributed by atoms with Crippen molar-refractivity contribution in [2.75, 3.05) is 0 Å². The summed E-state index contributed by atoms with van der Waals surface area (Å²) in [6, 6.07) is 0. The summed E-state index contributed by atoms with van der Waals surface area (Å²) in [7, 11) is 0. The second-order valence-corrected chi connectivity index (χ2v) is 8.86. The number of esters is 3. The minimum absolute atomic E-state index is 0.0763. The molecule has 3 rings (SSSR count). The van der Waals surface area contributed by atoms with Crippen molar-refractivity contribution < 1.29 is 38.8 Å². The van der Waals surface area contributed by atoms with Gasteiger partial charge in [-0.15, -0.1) is 0 Å². The number of allylic oxidation sites excluding steroid dienone is 1. The van der Waals surface area contributed by atoms with Crippen molar-refractivity contribution in [2.24, 2.45) is 23.2 Å². The van der Waals surface area contributed by atoms with Gasteiger partial charge in [0, 0.05) is 35.8 Å². The fourth-order valence-electron chi connectivity index (χ4n) is 5.52. The number of hydrogen-bond acceptors (Lipinski definition) is 8. The minimum atomic E-state index is -1.21. The van der Waals surface area contributed by atoms with E-state index in [1.165, 1.54) is 6.92 Å². The lowest BCUT2D eigenvalue weighted by Crippen LogP contribution is -2.50. The van der Waals surface area contributed by atoms with E-state index in [2.05, 4.69) is 6.58 Å². The van der Waals surface area contributed by atoms with Crippen LogP contribution in [0.1, 0.15) is 41.0 Å². The van der Waals surface area contributed by atoms with Gasteiger partial charge in [0.1, 0.15) is 18.3 Å². The number of rotatable bonds is 3. The number of aliphatic hydroxyl groups is 2. The summed E-state index contributed by atoms with van der Waals surface area (Å²) in [4.78, 5) is 36.4. The topological polar surface area (TPSA) is 119 Å². The lowest BCUT2D eigenvalue weighted by atomic mass is 9.66. The zero-order valence-electron chi connectivity index (χ0n) is 18.0. The first-order chi connectivity index (χ1) is 13.9. The maximum atomic E-state index is 12.5. The predicted octanol–water partition coefficient (Wildman–Crippen LogP) is 1.29. The number of fused-ring (bicyclic) bond motifs is 2. The number of hydrogen-bond donors (Lipinski definition) is 2. The highest BCUT2D eigenvalue weighted by Gasteiger charge is 2.68. The molecule has 3 aliphatic rings. The Kier molecular flexibility index (Phi) is 5.86. The summed E-state index contributed by atoms with van der Waals surface area (Å²) in [5.41, 5.74) is -0.599. The first-order valence-corrected chi connectivity index (χ1v) is 10.2. The molecule has 2 N–H and O–H groups in total. The number of carbonyl (C=O) groups is 3. The van der Waals surface area contributed by atoms with E-state index in [9.17, 15) is 24.6 Å². The third-order valence-electron chi connectivity index (χ3n) is 7.26. The van der Waals surface area contributed by atoms with Crippen molar-refractivity contribution in [3.05, 3.63) is 23.8 Å². The molecule has 8 heteroatoms. The van der Waals surface area contributed by atoms with E-state index >= 15 is 0 Å². The van der Waals surface area contributed by atoms with E-state index in [0.29, 0.717) is 5.57 Å². The fraction of sp³-hybridized carbons (Fsp3) is 0.682. The molecule has 0 aromatic carbocycles. The zero-order valence-corrected chi connectivity index (χ0v) is 18.0. The van der Waals surface area contributed by atoms with Crippen molar-refractivity contribution >= 4 is 17.9 Å². The van der Waals surface area contributed by atoms with Gasteiger partial charge in [-0.1, -0.05) is 26.5 Å². The molecule has 0 amide bonds. The SMILES string of the molecule is C=C1C(=O)OC2C(O)C(C)C3C(OC(=O)C(C)=CC)CC(OC(C)=O)C3(C)C(O)C12. The Morgan fingerprint density at radius 1 is 1.27 bits per heavy atom. The van der Waals surface area contributed by atoms with Crippen LogP contribution in [-0.4, -0.2) is 58.6 Å². The molecule has 9 atom stereocenters. The highest BCUT2D eigenvalue weighted by molar-refractivity contribution is 5.91. The monoisotopic (exact) mass is 422 g/mol. The van der Waals surface area contributed by atoms with Crippen molar-refractivity contribution in [3.63, 3.8) is 0 Å². The fourth-order valence-corrected chi connectivity index (χ4v) is 5.52. The largest absolute Gasteiger partial charge is 0.462 e. The summed E-state index contributed by atoms with van der Waals surface area (Å²) in [6.07, 6.45) is -2.96. The molecular formula is C22H30O8. The van der Waals surface area contributed by atoms with E-state index in [4.69, 9.17) is 14.2 Å². The van der Waals surface area contributed by atoms with Crippen LogP contribution in [0.2, 0.25) is 0 Å². The standard InChI is InChI=1S/C22H30O8/c1-7-9(2)20(26)29-13-8-14(28-12(5)23)22(6)16(13)11(4)17(24)18-15(19(22)25)10(3)21(27)30-18/h7,11,13-19,24-25H,3,8H2,1-2,4-6H3. The van der Waals surface area contributed by atoms with Gasteiger partial charge in [0.2, 0.25) is 0 Å². The second-order valence-electron chi connectivity index (χ2n) is 8.86. The predicted molar refractivity (Wildman–Crippen MR) is 105 cm³/mol. The first-order valence-electron chi connectivity index (χ1n) is 10.2. The highest BCUT2D eigenvalue weighted by atomic mass is 16.6. The average Bonchev–Trinajstić information content (AvgIpc) is 3.11. The minimum Gasteiger partial charge on any atom is -0.462 e. The summed E-state index contributed by atoms with van der Waals surface area (Å²) in [5, 5.41) is 22.5. The Morgan fingerprint density at radius 3 is 2.47 bits per heavy atom. The van der Waals surface area contributed by atoms with Gasteiger partial charge in [-0.25, -0.2) is 9.59 Å². The average molecular weight is 422 g/mol. The highest BCUT2D eigenvalue weighted by Crippen LogP contribution is 2.58. The van der Waals surface area contributed by atoms with Crippen LogP contribution >= 0.6 is 0 Å². The molecule has 8 nitrogen and oxygen atoms in total. The van der Waals surface area contributed by atoms with Gasteiger partial charge >= 0.3 is 17.9 Å². The van der Waals surface area contributed by atoms with Gasteiger partial charge in [0.25, 0.3) is 0 Å². The van der Waals surface area contributed by atoms with Gasteiger partial charge in [-0.05, 0) is 19.8 Å². The van der Waals surface area contributed by atoms with E-state index in [-0.39, 0.29) is 12.0 Å². The summed E-state index contributed by atoms with van der Waals surface area (Å²) >= 11 is 0. The zero-order chi connectivity index (χ0) is 22.5. The molecule has 166 valence electrons. The second kappa shape index (κ2) is 7.81. The number of ether oxygens (including phenoxy) is 3. The first kappa shape index (κ1) is 22.5. The van der Waals surface area contributed by atoms with Crippen LogP contribution in [0.25, 0.3) is 0 Å². The number of carbonyl (C=O) groups excluding carboxylic acids is 3. The Balaban J connectivity index is 2.08. The van der Waals surface area contributed by atoms with Crippen LogP contribution in [0.3, 0.4) is 0 Å². The van der Waals surface area contributed by atoms with Crippen LogP contribution in [0.5, 0.6) is 0 Å². The van der Waals surface area contributed by atoms with Crippen LogP contribution in [-0.2, 0) is 28.6 Å². The van der Waals surface area contributed by atoms with Crippen LogP contribution < -0.4 is 0 Å². The molecule has 1 heterocycles. The maximum absolute atomic E-state index is 12.5. The van der Waals surface area contributed by atoms with Gasteiger partial charge in [0.15, 0.2) is 0 Å². The molecule has 0 aromatic heterocycles. The number of aliphatic hydroxyl groups excluding tert-OH is 2. The molecule has 0 aromatic rings. The van der Waals surface area contributed by atoms with E-state index in [1.807, 2.05) is 0 Å². The molecule has 0 spiro atoms. The van der Waals surface area contributed by atoms with E-state index in [1.54, 1.807) is 33.8 Å². The summed E-state index contributed by atoms with van der Waals surface area (Å²) in [6.45, 7) is 11.9. The Morgan fingerprint density at radius 2 is 1.90 bits per heavy atom. The Hall–Kier alpha value is -2.19. The molecule has 3 fully saturated rings. The molecular weight excluding hydrogens is 392 g/mol. The molecule has 30 heavy (non-hydrogen) atoms. The quantitative estimate of drug-likeness (QED) is 0.397. The normalized spacial score (nSPS) is 43.4. The summed E-state index contributed by atoms with van der Waals surface area (Å²) in [5.74, 6) is -3.62. The third kappa shape index (κ3) is 3.26. The molecule has 2 saturated carbocycles. The lowest BCUT2D eigenvalue weighted by molar-refractivity contribution is -0.162. The maximum Gasteiger partial charge on any atom is 0.334 e. The third-order valence-corrected chi connectivity index (χ3v) is 7.26. The van der Waals surface area contributed by atoms with Gasteiger partial charge in [0.05, 0.1) is 18.1 Å². The van der Waals surface area contributed by atoms with Crippen molar-refractivity contribution in [2.45, 2.75) is 71.6 Å².